The van der Waals surface area contributed by atoms with Gasteiger partial charge in [0.15, 0.2) is 0 Å². The molecule has 0 unspecified atom stereocenters. The summed E-state index contributed by atoms with van der Waals surface area (Å²) < 4.78 is 10.6. The summed E-state index contributed by atoms with van der Waals surface area (Å²) in [6.07, 6.45) is 1.54. The van der Waals surface area contributed by atoms with Gasteiger partial charge < -0.3 is 14.2 Å². The minimum absolute atomic E-state index is 0.0625. The number of amides is 1. The smallest absolute Gasteiger partial charge is 0.227 e. The number of nitrogens with zero attached hydrogens (tertiary/aromatic N) is 3. The normalized spacial score (nSPS) is 11.7. The molecule has 0 N–H and O–H groups in total. The van der Waals surface area contributed by atoms with Gasteiger partial charge in [-0.05, 0) is 55.3 Å². The third kappa shape index (κ3) is 5.47. The van der Waals surface area contributed by atoms with Crippen LogP contribution in [-0.2, 0) is 11.2 Å². The van der Waals surface area contributed by atoms with Crippen LogP contribution in [0.4, 0.5) is 5.69 Å². The second kappa shape index (κ2) is 10.6. The summed E-state index contributed by atoms with van der Waals surface area (Å²) in [6.45, 7) is 2.05. The lowest BCUT2D eigenvalue weighted by Crippen LogP contribution is -2.33. The highest BCUT2D eigenvalue weighted by molar-refractivity contribution is 5.94. The number of anilines is 1. The number of hydrogen-bond donors (Lipinski definition) is 0. The lowest BCUT2D eigenvalue weighted by Gasteiger charge is -2.30. The van der Waals surface area contributed by atoms with E-state index in [1.165, 1.54) is 0 Å². The van der Waals surface area contributed by atoms with Gasteiger partial charge in [-0.15, -0.1) is 0 Å². The molecule has 1 heterocycles. The summed E-state index contributed by atoms with van der Waals surface area (Å²) in [5, 5.41) is 4.07. The molecule has 33 heavy (non-hydrogen) atoms. The van der Waals surface area contributed by atoms with E-state index in [4.69, 9.17) is 9.26 Å². The van der Waals surface area contributed by atoms with Crippen molar-refractivity contribution in [3.05, 3.63) is 96.4 Å². The number of hydrogen-bond acceptors (Lipinski definition) is 5. The highest BCUT2D eigenvalue weighted by atomic mass is 16.5. The first-order valence-electron chi connectivity index (χ1n) is 11.0. The quantitative estimate of drug-likeness (QED) is 0.325. The van der Waals surface area contributed by atoms with Crippen LogP contribution in [-0.4, -0.2) is 23.2 Å². The lowest BCUT2D eigenvalue weighted by atomic mass is 10.0. The van der Waals surface area contributed by atoms with E-state index in [-0.39, 0.29) is 11.9 Å². The molecule has 0 spiro atoms. The molecule has 0 aliphatic heterocycles. The Labute approximate surface area is 193 Å². The standard InChI is InChI=1S/C27H27N3O3/c1-20(21-10-5-3-6-11-21)30(23-12-7-4-8-13-23)26(31)15-9-14-25-28-27(29-33-25)22-16-18-24(32-2)19-17-22/h3-8,10-13,16-20H,9,14-15H2,1-2H3/t20-/m1/s1. The molecular weight excluding hydrogens is 414 g/mol. The van der Waals surface area contributed by atoms with Crippen LogP contribution in [0.2, 0.25) is 0 Å². The van der Waals surface area contributed by atoms with Crippen LogP contribution in [0.1, 0.15) is 37.3 Å². The number of aromatic nitrogens is 2. The molecule has 3 aromatic carbocycles. The van der Waals surface area contributed by atoms with E-state index in [0.717, 1.165) is 22.6 Å². The average molecular weight is 442 g/mol. The van der Waals surface area contributed by atoms with E-state index < -0.39 is 0 Å². The number of methoxy groups -OCH3 is 1. The van der Waals surface area contributed by atoms with Gasteiger partial charge in [0.1, 0.15) is 5.75 Å². The van der Waals surface area contributed by atoms with E-state index in [0.29, 0.717) is 31.0 Å². The van der Waals surface area contributed by atoms with Crippen molar-refractivity contribution in [2.24, 2.45) is 0 Å². The van der Waals surface area contributed by atoms with Gasteiger partial charge in [-0.1, -0.05) is 53.7 Å². The first-order valence-corrected chi connectivity index (χ1v) is 11.0. The van der Waals surface area contributed by atoms with Crippen molar-refractivity contribution in [1.29, 1.82) is 0 Å². The van der Waals surface area contributed by atoms with Gasteiger partial charge in [-0.2, -0.15) is 4.98 Å². The van der Waals surface area contributed by atoms with Gasteiger partial charge in [0.2, 0.25) is 17.6 Å². The Kier molecular flexibility index (Phi) is 7.15. The predicted octanol–water partition coefficient (Wildman–Crippen LogP) is 5.86. The van der Waals surface area contributed by atoms with E-state index in [1.54, 1.807) is 7.11 Å². The molecule has 1 amide bonds. The monoisotopic (exact) mass is 441 g/mol. The Bertz CT molecular complexity index is 1160. The molecule has 0 saturated heterocycles. The fourth-order valence-electron chi connectivity index (χ4n) is 3.78. The van der Waals surface area contributed by atoms with Crippen LogP contribution in [0.5, 0.6) is 5.75 Å². The number of carbonyl (C=O) groups excluding carboxylic acids is 1. The number of para-hydroxylation sites is 1. The zero-order chi connectivity index (χ0) is 23.0. The minimum Gasteiger partial charge on any atom is -0.497 e. The van der Waals surface area contributed by atoms with E-state index in [2.05, 4.69) is 17.1 Å². The molecule has 1 atom stereocenters. The Morgan fingerprint density at radius 3 is 2.30 bits per heavy atom. The molecule has 1 aromatic heterocycles. The van der Waals surface area contributed by atoms with Gasteiger partial charge in [0, 0.05) is 24.1 Å². The summed E-state index contributed by atoms with van der Waals surface area (Å²) in [5.41, 5.74) is 2.84. The molecule has 168 valence electrons. The zero-order valence-corrected chi connectivity index (χ0v) is 18.8. The van der Waals surface area contributed by atoms with Gasteiger partial charge in [0.25, 0.3) is 0 Å². The molecule has 4 aromatic rings. The van der Waals surface area contributed by atoms with Crippen LogP contribution in [0.3, 0.4) is 0 Å². The van der Waals surface area contributed by atoms with Crippen LogP contribution >= 0.6 is 0 Å². The second-order valence-corrected chi connectivity index (χ2v) is 7.78. The number of carbonyl (C=O) groups is 1. The van der Waals surface area contributed by atoms with E-state index in [9.17, 15) is 4.79 Å². The maximum Gasteiger partial charge on any atom is 0.227 e. The SMILES string of the molecule is COc1ccc(-c2noc(CCCC(=O)N(c3ccccc3)[C@H](C)c3ccccc3)n2)cc1. The highest BCUT2D eigenvalue weighted by Gasteiger charge is 2.23. The van der Waals surface area contributed by atoms with E-state index in [1.807, 2.05) is 89.8 Å². The Hall–Kier alpha value is -3.93. The average Bonchev–Trinajstić information content (AvgIpc) is 3.34. The second-order valence-electron chi connectivity index (χ2n) is 7.78. The fraction of sp³-hybridized carbons (Fsp3) is 0.222. The van der Waals surface area contributed by atoms with Gasteiger partial charge in [-0.25, -0.2) is 0 Å². The van der Waals surface area contributed by atoms with Crippen molar-refractivity contribution < 1.29 is 14.1 Å². The van der Waals surface area contributed by atoms with Crippen molar-refractivity contribution in [1.82, 2.24) is 10.1 Å². The van der Waals surface area contributed by atoms with Gasteiger partial charge in [0.05, 0.1) is 13.2 Å². The van der Waals surface area contributed by atoms with Gasteiger partial charge in [-0.3, -0.25) is 4.79 Å². The number of aryl methyl sites for hydroxylation is 1. The maximum absolute atomic E-state index is 13.3. The fourth-order valence-corrected chi connectivity index (χ4v) is 3.78. The first kappa shape index (κ1) is 22.3. The molecule has 0 radical (unpaired) electrons. The summed E-state index contributed by atoms with van der Waals surface area (Å²) in [6, 6.07) is 27.3. The predicted molar refractivity (Wildman–Crippen MR) is 128 cm³/mol. The molecule has 0 fully saturated rings. The third-order valence-corrected chi connectivity index (χ3v) is 5.57. The molecule has 4 rings (SSSR count). The van der Waals surface area contributed by atoms with Crippen LogP contribution in [0.15, 0.2) is 89.5 Å². The Morgan fingerprint density at radius 1 is 0.970 bits per heavy atom. The Morgan fingerprint density at radius 2 is 1.64 bits per heavy atom. The zero-order valence-electron chi connectivity index (χ0n) is 18.8. The Balaban J connectivity index is 1.41. The first-order chi connectivity index (χ1) is 16.2. The summed E-state index contributed by atoms with van der Waals surface area (Å²) >= 11 is 0. The largest absolute Gasteiger partial charge is 0.497 e. The molecule has 0 aliphatic carbocycles. The minimum atomic E-state index is -0.0776. The van der Waals surface area contributed by atoms with E-state index >= 15 is 0 Å². The van der Waals surface area contributed by atoms with Gasteiger partial charge >= 0.3 is 0 Å². The van der Waals surface area contributed by atoms with Crippen molar-refractivity contribution in [3.63, 3.8) is 0 Å². The lowest BCUT2D eigenvalue weighted by molar-refractivity contribution is -0.119. The van der Waals surface area contributed by atoms with Crippen molar-refractivity contribution in [2.45, 2.75) is 32.2 Å². The summed E-state index contributed by atoms with van der Waals surface area (Å²) in [4.78, 5) is 19.6. The highest BCUT2D eigenvalue weighted by Crippen LogP contribution is 2.28. The molecule has 6 nitrogen and oxygen atoms in total. The summed E-state index contributed by atoms with van der Waals surface area (Å²) in [7, 11) is 1.63. The molecule has 0 saturated carbocycles. The molecule has 0 aliphatic rings. The van der Waals surface area contributed by atoms with Crippen molar-refractivity contribution >= 4 is 11.6 Å². The third-order valence-electron chi connectivity index (χ3n) is 5.57. The number of rotatable bonds is 9. The number of ether oxygens (including phenoxy) is 1. The summed E-state index contributed by atoms with van der Waals surface area (Å²) in [5.74, 6) is 1.89. The topological polar surface area (TPSA) is 68.5 Å². The van der Waals surface area contributed by atoms with Crippen LogP contribution < -0.4 is 9.64 Å². The molecular formula is C27H27N3O3. The molecule has 6 heteroatoms. The molecule has 0 bridgehead atoms. The van der Waals surface area contributed by atoms with Crippen LogP contribution in [0.25, 0.3) is 11.4 Å². The van der Waals surface area contributed by atoms with Crippen LogP contribution in [0, 0.1) is 0 Å². The number of benzene rings is 3. The van der Waals surface area contributed by atoms with Crippen molar-refractivity contribution in [3.8, 4) is 17.1 Å². The maximum atomic E-state index is 13.3. The van der Waals surface area contributed by atoms with Crippen molar-refractivity contribution in [2.75, 3.05) is 12.0 Å².